The maximum atomic E-state index is 13.4. The van der Waals surface area contributed by atoms with Gasteiger partial charge in [-0.2, -0.15) is 0 Å². The Morgan fingerprint density at radius 1 is 1.20 bits per heavy atom. The van der Waals surface area contributed by atoms with E-state index in [0.717, 1.165) is 17.8 Å². The molecule has 20 heavy (non-hydrogen) atoms. The average Bonchev–Trinajstić information content (AvgIpc) is 2.35. The number of carbonyl (C=O) groups is 1. The van der Waals surface area contributed by atoms with Gasteiger partial charge in [0, 0.05) is 11.4 Å². The van der Waals surface area contributed by atoms with Crippen molar-refractivity contribution in [2.24, 2.45) is 0 Å². The molecule has 0 aliphatic heterocycles. The molecule has 0 radical (unpaired) electrons. The summed E-state index contributed by atoms with van der Waals surface area (Å²) in [4.78, 5) is 16.2. The predicted molar refractivity (Wildman–Crippen MR) is 80.7 cm³/mol. The molecule has 1 aromatic carbocycles. The van der Waals surface area contributed by atoms with Gasteiger partial charge < -0.3 is 5.32 Å². The number of rotatable bonds is 2. The Labute approximate surface area is 128 Å². The van der Waals surface area contributed by atoms with Gasteiger partial charge in [-0.15, -0.1) is 0 Å². The highest BCUT2D eigenvalue weighted by Gasteiger charge is 2.13. The molecule has 0 spiro atoms. The van der Waals surface area contributed by atoms with Crippen LogP contribution in [0.4, 0.5) is 14.5 Å². The summed E-state index contributed by atoms with van der Waals surface area (Å²) in [6, 6.07) is 5.50. The van der Waals surface area contributed by atoms with Gasteiger partial charge in [-0.25, -0.2) is 8.78 Å². The van der Waals surface area contributed by atoms with Crippen molar-refractivity contribution in [2.75, 3.05) is 5.32 Å². The molecule has 1 amide bonds. The average molecular weight is 388 g/mol. The van der Waals surface area contributed by atoms with Crippen molar-refractivity contribution >= 4 is 34.2 Å². The van der Waals surface area contributed by atoms with Gasteiger partial charge >= 0.3 is 0 Å². The van der Waals surface area contributed by atoms with Crippen LogP contribution in [0.3, 0.4) is 0 Å². The maximum absolute atomic E-state index is 13.4. The second-order valence-electron chi connectivity index (χ2n) is 4.29. The van der Waals surface area contributed by atoms with Gasteiger partial charge in [0.25, 0.3) is 5.91 Å². The molecule has 0 saturated heterocycles. The third-order valence-corrected chi connectivity index (χ3v) is 3.74. The first kappa shape index (κ1) is 14.8. The Hall–Kier alpha value is -1.57. The van der Waals surface area contributed by atoms with Gasteiger partial charge in [0.15, 0.2) is 0 Å². The molecule has 0 atom stereocenters. The summed E-state index contributed by atoms with van der Waals surface area (Å²) in [6.07, 6.45) is 0. The third-order valence-electron chi connectivity index (χ3n) is 2.71. The number of nitrogens with one attached hydrogen (secondary N) is 1. The van der Waals surface area contributed by atoms with E-state index in [9.17, 15) is 13.6 Å². The standard InChI is InChI=1S/C14H11F2IN2O/c1-7-3-4-10(8(2)18-7)14(20)19-9-5-11(15)13(17)12(16)6-9/h3-6H,1-2H3,(H,19,20). The molecule has 6 heteroatoms. The summed E-state index contributed by atoms with van der Waals surface area (Å²) in [5, 5.41) is 2.47. The van der Waals surface area contributed by atoms with Crippen LogP contribution < -0.4 is 5.32 Å². The molecule has 1 heterocycles. The highest BCUT2D eigenvalue weighted by Crippen LogP contribution is 2.21. The molecule has 1 N–H and O–H groups in total. The summed E-state index contributed by atoms with van der Waals surface area (Å²) in [6.45, 7) is 3.52. The van der Waals surface area contributed by atoms with E-state index in [0.29, 0.717) is 11.3 Å². The van der Waals surface area contributed by atoms with Crippen molar-refractivity contribution in [2.45, 2.75) is 13.8 Å². The van der Waals surface area contributed by atoms with E-state index in [1.165, 1.54) is 0 Å². The molecule has 0 bridgehead atoms. The van der Waals surface area contributed by atoms with Crippen LogP contribution in [0.15, 0.2) is 24.3 Å². The van der Waals surface area contributed by atoms with E-state index in [1.807, 2.05) is 6.92 Å². The zero-order valence-corrected chi connectivity index (χ0v) is 13.0. The van der Waals surface area contributed by atoms with Gasteiger partial charge in [0.1, 0.15) is 11.6 Å². The third kappa shape index (κ3) is 3.12. The molecule has 2 rings (SSSR count). The van der Waals surface area contributed by atoms with E-state index in [2.05, 4.69) is 10.3 Å². The van der Waals surface area contributed by atoms with Crippen LogP contribution in [-0.2, 0) is 0 Å². The molecule has 1 aromatic heterocycles. The molecular formula is C14H11F2IN2O. The topological polar surface area (TPSA) is 42.0 Å². The Kier molecular flexibility index (Phi) is 4.32. The monoisotopic (exact) mass is 388 g/mol. The second kappa shape index (κ2) is 5.82. The minimum atomic E-state index is -0.709. The van der Waals surface area contributed by atoms with Gasteiger partial charge in [-0.3, -0.25) is 9.78 Å². The Morgan fingerprint density at radius 3 is 2.35 bits per heavy atom. The molecule has 104 valence electrons. The number of hydrogen-bond acceptors (Lipinski definition) is 2. The van der Waals surface area contributed by atoms with Crippen molar-refractivity contribution in [3.63, 3.8) is 0 Å². The maximum Gasteiger partial charge on any atom is 0.257 e. The van der Waals surface area contributed by atoms with Crippen LogP contribution in [0.1, 0.15) is 21.7 Å². The van der Waals surface area contributed by atoms with Gasteiger partial charge in [0.05, 0.1) is 14.8 Å². The first-order valence-electron chi connectivity index (χ1n) is 5.78. The predicted octanol–water partition coefficient (Wildman–Crippen LogP) is 3.83. The minimum absolute atomic E-state index is 0.0744. The molecule has 2 aromatic rings. The van der Waals surface area contributed by atoms with Crippen LogP contribution >= 0.6 is 22.6 Å². The van der Waals surface area contributed by atoms with Gasteiger partial charge in [-0.05, 0) is 60.7 Å². The molecule has 0 fully saturated rings. The van der Waals surface area contributed by atoms with Crippen molar-refractivity contribution in [1.29, 1.82) is 0 Å². The van der Waals surface area contributed by atoms with E-state index >= 15 is 0 Å². The number of aromatic nitrogens is 1. The fraction of sp³-hybridized carbons (Fsp3) is 0.143. The fourth-order valence-electron chi connectivity index (χ4n) is 1.75. The first-order valence-corrected chi connectivity index (χ1v) is 6.86. The summed E-state index contributed by atoms with van der Waals surface area (Å²) in [5.74, 6) is -1.87. The molecule has 3 nitrogen and oxygen atoms in total. The molecule has 0 unspecified atom stereocenters. The number of pyridine rings is 1. The molecular weight excluding hydrogens is 377 g/mol. The summed E-state index contributed by atoms with van der Waals surface area (Å²) < 4.78 is 26.7. The lowest BCUT2D eigenvalue weighted by atomic mass is 10.1. The van der Waals surface area contributed by atoms with E-state index in [1.54, 1.807) is 41.6 Å². The number of anilines is 1. The zero-order chi connectivity index (χ0) is 14.9. The lowest BCUT2D eigenvalue weighted by Gasteiger charge is -2.09. The number of amides is 1. The largest absolute Gasteiger partial charge is 0.322 e. The zero-order valence-electron chi connectivity index (χ0n) is 10.8. The first-order chi connectivity index (χ1) is 9.38. The normalized spacial score (nSPS) is 10.4. The molecule has 0 aliphatic rings. The Morgan fingerprint density at radius 2 is 1.80 bits per heavy atom. The van der Waals surface area contributed by atoms with Gasteiger partial charge in [0.2, 0.25) is 0 Å². The smallest absolute Gasteiger partial charge is 0.257 e. The van der Waals surface area contributed by atoms with Crippen molar-refractivity contribution < 1.29 is 13.6 Å². The van der Waals surface area contributed by atoms with Crippen molar-refractivity contribution in [3.8, 4) is 0 Å². The van der Waals surface area contributed by atoms with Crippen LogP contribution in [0.25, 0.3) is 0 Å². The van der Waals surface area contributed by atoms with E-state index in [4.69, 9.17) is 0 Å². The highest BCUT2D eigenvalue weighted by atomic mass is 127. The van der Waals surface area contributed by atoms with Crippen LogP contribution in [0.2, 0.25) is 0 Å². The number of nitrogens with zero attached hydrogens (tertiary/aromatic N) is 1. The van der Waals surface area contributed by atoms with E-state index < -0.39 is 17.5 Å². The minimum Gasteiger partial charge on any atom is -0.322 e. The number of benzene rings is 1. The Balaban J connectivity index is 2.28. The number of hydrogen-bond donors (Lipinski definition) is 1. The number of carbonyl (C=O) groups excluding carboxylic acids is 1. The quantitative estimate of drug-likeness (QED) is 0.628. The van der Waals surface area contributed by atoms with Crippen LogP contribution in [-0.4, -0.2) is 10.9 Å². The van der Waals surface area contributed by atoms with Crippen LogP contribution in [0, 0.1) is 29.1 Å². The van der Waals surface area contributed by atoms with Crippen LogP contribution in [0.5, 0.6) is 0 Å². The lowest BCUT2D eigenvalue weighted by Crippen LogP contribution is -2.15. The SMILES string of the molecule is Cc1ccc(C(=O)Nc2cc(F)c(I)c(F)c2)c(C)n1. The Bertz CT molecular complexity index is 666. The van der Waals surface area contributed by atoms with Gasteiger partial charge in [-0.1, -0.05) is 0 Å². The number of halogens is 3. The summed E-state index contributed by atoms with van der Waals surface area (Å²) in [5.41, 5.74) is 1.81. The number of aryl methyl sites for hydroxylation is 2. The highest BCUT2D eigenvalue weighted by molar-refractivity contribution is 14.1. The second-order valence-corrected chi connectivity index (χ2v) is 5.37. The van der Waals surface area contributed by atoms with Crippen molar-refractivity contribution in [1.82, 2.24) is 4.98 Å². The molecule has 0 aliphatic carbocycles. The summed E-state index contributed by atoms with van der Waals surface area (Å²) in [7, 11) is 0. The fourth-order valence-corrected chi connectivity index (χ4v) is 2.06. The van der Waals surface area contributed by atoms with E-state index in [-0.39, 0.29) is 9.26 Å². The summed E-state index contributed by atoms with van der Waals surface area (Å²) >= 11 is 1.57. The molecule has 0 saturated carbocycles. The lowest BCUT2D eigenvalue weighted by molar-refractivity contribution is 0.102. The van der Waals surface area contributed by atoms with Crippen molar-refractivity contribution in [3.05, 3.63) is 56.4 Å².